The molecule has 2 aromatic rings. The second kappa shape index (κ2) is 15.5. The van der Waals surface area contributed by atoms with Gasteiger partial charge in [0.2, 0.25) is 0 Å². The molecule has 0 amide bonds. The molecule has 244 valence electrons. The lowest BCUT2D eigenvalue weighted by Crippen LogP contribution is -2.65. The Labute approximate surface area is 263 Å². The molecule has 3 heterocycles. The summed E-state index contributed by atoms with van der Waals surface area (Å²) in [5, 5.41) is 45.3. The molecule has 8 heteroatoms. The van der Waals surface area contributed by atoms with E-state index in [0.29, 0.717) is 36.8 Å². The number of piperidine rings is 3. The van der Waals surface area contributed by atoms with E-state index in [0.717, 1.165) is 55.2 Å². The molecule has 2 bridgehead atoms. The number of hydrogen-bond acceptors (Lipinski definition) is 7. The summed E-state index contributed by atoms with van der Waals surface area (Å²) in [5.41, 5.74) is 1.14. The van der Waals surface area contributed by atoms with Gasteiger partial charge in [0, 0.05) is 37.3 Å². The zero-order valence-electron chi connectivity index (χ0n) is 26.6. The molecule has 4 aliphatic rings. The highest BCUT2D eigenvalue weighted by Gasteiger charge is 2.48. The molecule has 6 rings (SSSR count). The number of hydrogen-bond donors (Lipinski definition) is 5. The molecule has 2 unspecified atom stereocenters. The monoisotopic (exact) mass is 611 g/mol. The molecule has 5 N–H and O–H groups in total. The fraction of sp³-hybridized carbons (Fsp3) is 0.667. The molecule has 4 fully saturated rings. The van der Waals surface area contributed by atoms with Gasteiger partial charge in [-0.2, -0.15) is 0 Å². The standard InChI is InChI=1S/C36H54N2O6/c1-2-9-35(37-23-33(41)28-14-15-32(40)29(22-28)25-39)43-21-8-18-38-19-16-27(17-20-38)34(24-38)44-26-36(42,31-12-6-7-13-31)30-10-4-3-5-11-30/h3-5,10-11,14-15,22,27,31,33-35,37,39,41-42H,2,6-9,12-13,16-21,23-26H2,1H3/p+1/t27?,33-,34-,35?,36?,38?/m0/s1. The van der Waals surface area contributed by atoms with E-state index < -0.39 is 11.7 Å². The van der Waals surface area contributed by atoms with E-state index in [1.807, 2.05) is 18.2 Å². The normalized spacial score (nSPS) is 26.5. The van der Waals surface area contributed by atoms with E-state index in [4.69, 9.17) is 9.47 Å². The maximum atomic E-state index is 12.0. The van der Waals surface area contributed by atoms with Crippen LogP contribution in [0.1, 0.15) is 87.5 Å². The highest BCUT2D eigenvalue weighted by atomic mass is 16.5. The van der Waals surface area contributed by atoms with Crippen molar-refractivity contribution in [3.63, 3.8) is 0 Å². The number of aliphatic hydroxyl groups excluding tert-OH is 2. The van der Waals surface area contributed by atoms with Crippen LogP contribution in [0.25, 0.3) is 0 Å². The Balaban J connectivity index is 1.10. The van der Waals surface area contributed by atoms with Gasteiger partial charge in [-0.05, 0) is 48.4 Å². The van der Waals surface area contributed by atoms with Crippen LogP contribution in [0.2, 0.25) is 0 Å². The van der Waals surface area contributed by atoms with Crippen molar-refractivity contribution < 1.29 is 34.4 Å². The van der Waals surface area contributed by atoms with E-state index in [-0.39, 0.29) is 30.6 Å². The van der Waals surface area contributed by atoms with Crippen molar-refractivity contribution in [3.8, 4) is 5.75 Å². The number of nitrogens with one attached hydrogen (secondary N) is 1. The second-order valence-corrected chi connectivity index (χ2v) is 13.6. The summed E-state index contributed by atoms with van der Waals surface area (Å²) in [7, 11) is 0. The van der Waals surface area contributed by atoms with Crippen LogP contribution in [-0.4, -0.2) is 83.2 Å². The first-order chi connectivity index (χ1) is 21.4. The molecule has 3 aliphatic heterocycles. The number of ether oxygens (including phenoxy) is 2. The first-order valence-corrected chi connectivity index (χ1v) is 17.1. The van der Waals surface area contributed by atoms with Crippen molar-refractivity contribution in [2.75, 3.05) is 45.9 Å². The first kappa shape index (κ1) is 33.3. The quantitative estimate of drug-likeness (QED) is 0.0998. The number of benzene rings is 2. The summed E-state index contributed by atoms with van der Waals surface area (Å²) in [6.07, 6.45) is 8.96. The largest absolute Gasteiger partial charge is 0.508 e. The minimum Gasteiger partial charge on any atom is -0.508 e. The smallest absolute Gasteiger partial charge is 0.121 e. The molecule has 44 heavy (non-hydrogen) atoms. The molecular weight excluding hydrogens is 556 g/mol. The third-order valence-electron chi connectivity index (χ3n) is 10.7. The molecule has 0 spiro atoms. The van der Waals surface area contributed by atoms with E-state index in [2.05, 4.69) is 24.4 Å². The molecule has 8 nitrogen and oxygen atoms in total. The number of aromatic hydroxyl groups is 1. The minimum absolute atomic E-state index is 0.0311. The van der Waals surface area contributed by atoms with Crippen LogP contribution in [-0.2, 0) is 21.7 Å². The highest BCUT2D eigenvalue weighted by molar-refractivity contribution is 5.36. The predicted molar refractivity (Wildman–Crippen MR) is 171 cm³/mol. The summed E-state index contributed by atoms with van der Waals surface area (Å²) in [6, 6.07) is 15.0. The molecule has 0 aromatic heterocycles. The van der Waals surface area contributed by atoms with Crippen molar-refractivity contribution >= 4 is 0 Å². The van der Waals surface area contributed by atoms with Crippen LogP contribution in [0.4, 0.5) is 0 Å². The lowest BCUT2D eigenvalue weighted by molar-refractivity contribution is -0.946. The van der Waals surface area contributed by atoms with Gasteiger partial charge in [0.15, 0.2) is 0 Å². The van der Waals surface area contributed by atoms with E-state index >= 15 is 0 Å². The molecule has 0 radical (unpaired) electrons. The van der Waals surface area contributed by atoms with Crippen LogP contribution >= 0.6 is 0 Å². The lowest BCUT2D eigenvalue weighted by Gasteiger charge is -2.53. The zero-order valence-corrected chi connectivity index (χ0v) is 26.6. The van der Waals surface area contributed by atoms with Gasteiger partial charge in [0.25, 0.3) is 0 Å². The second-order valence-electron chi connectivity index (χ2n) is 13.6. The van der Waals surface area contributed by atoms with E-state index in [1.54, 1.807) is 12.1 Å². The van der Waals surface area contributed by atoms with Gasteiger partial charge < -0.3 is 34.4 Å². The van der Waals surface area contributed by atoms with Crippen molar-refractivity contribution in [2.24, 2.45) is 11.8 Å². The van der Waals surface area contributed by atoms with Gasteiger partial charge >= 0.3 is 0 Å². The van der Waals surface area contributed by atoms with Crippen molar-refractivity contribution in [1.82, 2.24) is 5.32 Å². The number of phenols is 1. The minimum atomic E-state index is -0.916. The zero-order chi connectivity index (χ0) is 31.0. The first-order valence-electron chi connectivity index (χ1n) is 17.1. The third kappa shape index (κ3) is 8.02. The SMILES string of the molecule is CCCC(NC[C@H](O)c1ccc(O)c(CO)c1)OCCC[N+]12CCC(CC1)[C@@H](OCC(O)(c1ccccc1)C1CCCC1)C2. The number of aliphatic hydroxyl groups is 3. The lowest BCUT2D eigenvalue weighted by atomic mass is 9.80. The Bertz CT molecular complexity index is 1150. The van der Waals surface area contributed by atoms with Crippen LogP contribution in [0.5, 0.6) is 5.75 Å². The van der Waals surface area contributed by atoms with Crippen LogP contribution < -0.4 is 5.32 Å². The van der Waals surface area contributed by atoms with Crippen molar-refractivity contribution in [1.29, 1.82) is 0 Å². The molecule has 1 saturated carbocycles. The van der Waals surface area contributed by atoms with Crippen LogP contribution in [0, 0.1) is 11.8 Å². The molecule has 2 aromatic carbocycles. The topological polar surface area (TPSA) is 111 Å². The van der Waals surface area contributed by atoms with E-state index in [1.165, 1.54) is 44.8 Å². The molecule has 3 saturated heterocycles. The van der Waals surface area contributed by atoms with E-state index in [9.17, 15) is 20.4 Å². The third-order valence-corrected chi connectivity index (χ3v) is 10.7. The number of nitrogens with zero attached hydrogens (tertiary/aromatic N) is 1. The van der Waals surface area contributed by atoms with Gasteiger partial charge in [-0.3, -0.25) is 5.32 Å². The Hall–Kier alpha value is -2.04. The fourth-order valence-electron chi connectivity index (χ4n) is 7.96. The van der Waals surface area contributed by atoms with Crippen molar-refractivity contribution in [2.45, 2.75) is 95.4 Å². The van der Waals surface area contributed by atoms with Crippen molar-refractivity contribution in [3.05, 3.63) is 65.2 Å². The van der Waals surface area contributed by atoms with Gasteiger partial charge in [-0.1, -0.05) is 62.6 Å². The molecule has 4 atom stereocenters. The summed E-state index contributed by atoms with van der Waals surface area (Å²) in [5.74, 6) is 0.876. The maximum absolute atomic E-state index is 12.0. The summed E-state index contributed by atoms with van der Waals surface area (Å²) in [4.78, 5) is 0. The Morgan fingerprint density at radius 3 is 2.50 bits per heavy atom. The number of rotatable bonds is 17. The molecular formula is C36H55N2O6+. The highest BCUT2D eigenvalue weighted by Crippen LogP contribution is 2.42. The van der Waals surface area contributed by atoms with Crippen LogP contribution in [0.15, 0.2) is 48.5 Å². The average Bonchev–Trinajstić information content (AvgIpc) is 3.61. The Morgan fingerprint density at radius 1 is 1.05 bits per heavy atom. The van der Waals surface area contributed by atoms with Crippen LogP contribution in [0.3, 0.4) is 0 Å². The number of fused-ring (bicyclic) bond motifs is 3. The summed E-state index contributed by atoms with van der Waals surface area (Å²) >= 11 is 0. The van der Waals surface area contributed by atoms with Gasteiger partial charge in [-0.25, -0.2) is 0 Å². The van der Waals surface area contributed by atoms with Gasteiger partial charge in [-0.15, -0.1) is 0 Å². The average molecular weight is 612 g/mol. The van der Waals surface area contributed by atoms with Gasteiger partial charge in [0.05, 0.1) is 45.6 Å². The predicted octanol–water partition coefficient (Wildman–Crippen LogP) is 4.74. The maximum Gasteiger partial charge on any atom is 0.121 e. The molecule has 1 aliphatic carbocycles. The summed E-state index contributed by atoms with van der Waals surface area (Å²) in [6.45, 7) is 7.71. The van der Waals surface area contributed by atoms with Gasteiger partial charge in [0.1, 0.15) is 30.2 Å². The Morgan fingerprint density at radius 2 is 1.80 bits per heavy atom. The Kier molecular flexibility index (Phi) is 11.7. The fourth-order valence-corrected chi connectivity index (χ4v) is 7.96. The summed E-state index contributed by atoms with van der Waals surface area (Å²) < 4.78 is 14.1. The number of quaternary nitrogens is 1.